The van der Waals surface area contributed by atoms with E-state index in [1.807, 2.05) is 12.1 Å². The molecule has 3 nitrogen and oxygen atoms in total. The van der Waals surface area contributed by atoms with Gasteiger partial charge in [0.05, 0.1) is 10.7 Å². The predicted molar refractivity (Wildman–Crippen MR) is 81.7 cm³/mol. The number of nitrogens with zero attached hydrogens (tertiary/aromatic N) is 2. The minimum Gasteiger partial charge on any atom is -0.370 e. The molecule has 0 spiro atoms. The first-order valence-electron chi connectivity index (χ1n) is 7.23. The molecule has 1 heterocycles. The third kappa shape index (κ3) is 4.36. The van der Waals surface area contributed by atoms with Gasteiger partial charge in [-0.25, -0.2) is 4.98 Å². The van der Waals surface area contributed by atoms with Gasteiger partial charge >= 0.3 is 0 Å². The van der Waals surface area contributed by atoms with Crippen molar-refractivity contribution in [2.45, 2.75) is 46.2 Å². The number of anilines is 1. The Balaban J connectivity index is 2.08. The minimum atomic E-state index is 0.677. The lowest BCUT2D eigenvalue weighted by atomic mass is 10.2. The largest absolute Gasteiger partial charge is 0.370 e. The number of aromatic nitrogens is 1. The van der Waals surface area contributed by atoms with Gasteiger partial charge < -0.3 is 5.32 Å². The summed E-state index contributed by atoms with van der Waals surface area (Å²) in [5.41, 5.74) is 0.993. The van der Waals surface area contributed by atoms with E-state index in [1.165, 1.54) is 12.8 Å². The highest BCUT2D eigenvalue weighted by Crippen LogP contribution is 2.30. The minimum absolute atomic E-state index is 0.677. The van der Waals surface area contributed by atoms with Crippen LogP contribution in [0.25, 0.3) is 0 Å². The maximum absolute atomic E-state index is 6.29. The molecule has 1 aromatic rings. The van der Waals surface area contributed by atoms with Crippen molar-refractivity contribution in [2.24, 2.45) is 5.92 Å². The summed E-state index contributed by atoms with van der Waals surface area (Å²) in [5, 5.41) is 4.02. The molecule has 0 saturated heterocycles. The van der Waals surface area contributed by atoms with Crippen LogP contribution in [-0.4, -0.2) is 29.0 Å². The molecule has 19 heavy (non-hydrogen) atoms. The maximum atomic E-state index is 6.29. The zero-order valence-electron chi connectivity index (χ0n) is 12.1. The van der Waals surface area contributed by atoms with Crippen LogP contribution in [0.15, 0.2) is 12.1 Å². The van der Waals surface area contributed by atoms with Gasteiger partial charge in [-0.2, -0.15) is 0 Å². The lowest BCUT2D eigenvalue weighted by molar-refractivity contribution is 0.223. The van der Waals surface area contributed by atoms with Crippen LogP contribution in [0.3, 0.4) is 0 Å². The van der Waals surface area contributed by atoms with Crippen molar-refractivity contribution in [1.82, 2.24) is 9.88 Å². The Morgan fingerprint density at radius 2 is 2.16 bits per heavy atom. The van der Waals surface area contributed by atoms with Gasteiger partial charge in [0, 0.05) is 25.7 Å². The molecule has 4 heteroatoms. The molecule has 0 radical (unpaired) electrons. The summed E-state index contributed by atoms with van der Waals surface area (Å²) in [6, 6.07) is 4.63. The van der Waals surface area contributed by atoms with E-state index in [-0.39, 0.29) is 0 Å². The van der Waals surface area contributed by atoms with E-state index in [1.54, 1.807) is 0 Å². The molecule has 1 N–H and O–H groups in total. The third-order valence-corrected chi connectivity index (χ3v) is 3.64. The lowest BCUT2D eigenvalue weighted by Crippen LogP contribution is -2.30. The first-order valence-corrected chi connectivity index (χ1v) is 7.61. The van der Waals surface area contributed by atoms with Crippen LogP contribution in [0.1, 0.15) is 39.3 Å². The molecule has 0 aliphatic heterocycles. The fourth-order valence-corrected chi connectivity index (χ4v) is 2.48. The number of halogens is 1. The second-order valence-electron chi connectivity index (χ2n) is 5.71. The molecule has 2 rings (SSSR count). The SMILES string of the molecule is CCNc1ccc(Cl)c(CN(CC(C)C)C2CC2)n1. The van der Waals surface area contributed by atoms with Gasteiger partial charge in [0.2, 0.25) is 0 Å². The van der Waals surface area contributed by atoms with Crippen LogP contribution >= 0.6 is 11.6 Å². The van der Waals surface area contributed by atoms with Crippen molar-refractivity contribution in [3.8, 4) is 0 Å². The quantitative estimate of drug-likeness (QED) is 0.824. The van der Waals surface area contributed by atoms with Crippen molar-refractivity contribution in [1.29, 1.82) is 0 Å². The summed E-state index contributed by atoms with van der Waals surface area (Å²) < 4.78 is 0. The number of hydrogen-bond acceptors (Lipinski definition) is 3. The van der Waals surface area contributed by atoms with Gasteiger partial charge in [-0.05, 0) is 37.8 Å². The van der Waals surface area contributed by atoms with Crippen molar-refractivity contribution in [3.05, 3.63) is 22.8 Å². The molecule has 0 amide bonds. The Labute approximate surface area is 121 Å². The molecule has 0 atom stereocenters. The van der Waals surface area contributed by atoms with Crippen LogP contribution in [0, 0.1) is 5.92 Å². The van der Waals surface area contributed by atoms with E-state index < -0.39 is 0 Å². The Morgan fingerprint density at radius 1 is 1.42 bits per heavy atom. The van der Waals surface area contributed by atoms with Crippen LogP contribution in [0.5, 0.6) is 0 Å². The van der Waals surface area contributed by atoms with Gasteiger partial charge in [-0.15, -0.1) is 0 Å². The van der Waals surface area contributed by atoms with Gasteiger partial charge in [0.1, 0.15) is 5.82 Å². The molecular formula is C15H24ClN3. The van der Waals surface area contributed by atoms with Crippen LogP contribution < -0.4 is 5.32 Å². The number of nitrogens with one attached hydrogen (secondary N) is 1. The summed E-state index contributed by atoms with van der Waals surface area (Å²) in [4.78, 5) is 7.16. The Hall–Kier alpha value is -0.800. The fourth-order valence-electron chi connectivity index (χ4n) is 2.32. The van der Waals surface area contributed by atoms with Crippen LogP contribution in [0.4, 0.5) is 5.82 Å². The van der Waals surface area contributed by atoms with Crippen molar-refractivity contribution < 1.29 is 0 Å². The topological polar surface area (TPSA) is 28.2 Å². The second-order valence-corrected chi connectivity index (χ2v) is 6.12. The Kier molecular flexibility index (Phi) is 5.06. The molecule has 106 valence electrons. The van der Waals surface area contributed by atoms with E-state index in [0.717, 1.165) is 42.2 Å². The fraction of sp³-hybridized carbons (Fsp3) is 0.667. The average molecular weight is 282 g/mol. The summed E-state index contributed by atoms with van der Waals surface area (Å²) >= 11 is 6.29. The van der Waals surface area contributed by atoms with Crippen LogP contribution in [-0.2, 0) is 6.54 Å². The molecule has 1 fully saturated rings. The smallest absolute Gasteiger partial charge is 0.126 e. The van der Waals surface area contributed by atoms with Crippen molar-refractivity contribution in [2.75, 3.05) is 18.4 Å². The zero-order chi connectivity index (χ0) is 13.8. The van der Waals surface area contributed by atoms with Crippen molar-refractivity contribution >= 4 is 17.4 Å². The number of pyridine rings is 1. The van der Waals surface area contributed by atoms with Crippen molar-refractivity contribution in [3.63, 3.8) is 0 Å². The van der Waals surface area contributed by atoms with Gasteiger partial charge in [0.15, 0.2) is 0 Å². The zero-order valence-corrected chi connectivity index (χ0v) is 12.9. The molecular weight excluding hydrogens is 258 g/mol. The van der Waals surface area contributed by atoms with E-state index >= 15 is 0 Å². The summed E-state index contributed by atoms with van der Waals surface area (Å²) in [6.45, 7) is 9.46. The molecule has 0 bridgehead atoms. The molecule has 1 aliphatic rings. The van der Waals surface area contributed by atoms with E-state index in [2.05, 4.69) is 36.0 Å². The predicted octanol–water partition coefficient (Wildman–Crippen LogP) is 3.79. The van der Waals surface area contributed by atoms with E-state index in [9.17, 15) is 0 Å². The summed E-state index contributed by atoms with van der Waals surface area (Å²) in [7, 11) is 0. The van der Waals surface area contributed by atoms with Gasteiger partial charge in [-0.1, -0.05) is 25.4 Å². The summed E-state index contributed by atoms with van der Waals surface area (Å²) in [5.74, 6) is 1.60. The van der Waals surface area contributed by atoms with E-state index in [4.69, 9.17) is 11.6 Å². The third-order valence-electron chi connectivity index (χ3n) is 3.29. The van der Waals surface area contributed by atoms with Crippen LogP contribution in [0.2, 0.25) is 5.02 Å². The number of rotatable bonds is 7. The Bertz CT molecular complexity index is 416. The molecule has 1 saturated carbocycles. The molecule has 1 aromatic heterocycles. The highest BCUT2D eigenvalue weighted by atomic mass is 35.5. The average Bonchev–Trinajstić information content (AvgIpc) is 3.16. The van der Waals surface area contributed by atoms with Gasteiger partial charge in [-0.3, -0.25) is 4.90 Å². The first-order chi connectivity index (χ1) is 9.10. The maximum Gasteiger partial charge on any atom is 0.126 e. The first kappa shape index (κ1) is 14.6. The second kappa shape index (κ2) is 6.58. The highest BCUT2D eigenvalue weighted by Gasteiger charge is 2.29. The monoisotopic (exact) mass is 281 g/mol. The summed E-state index contributed by atoms with van der Waals surface area (Å²) in [6.07, 6.45) is 2.63. The molecule has 1 aliphatic carbocycles. The van der Waals surface area contributed by atoms with Gasteiger partial charge in [0.25, 0.3) is 0 Å². The lowest BCUT2D eigenvalue weighted by Gasteiger charge is -2.24. The van der Waals surface area contributed by atoms with E-state index in [0.29, 0.717) is 5.92 Å². The molecule has 0 aromatic carbocycles. The highest BCUT2D eigenvalue weighted by molar-refractivity contribution is 6.31. The Morgan fingerprint density at radius 3 is 2.74 bits per heavy atom. The molecule has 0 unspecified atom stereocenters. The standard InChI is InChI=1S/C15H24ClN3/c1-4-17-15-8-7-13(16)14(18-15)10-19(9-11(2)3)12-5-6-12/h7-8,11-12H,4-6,9-10H2,1-3H3,(H,17,18). The normalized spacial score (nSPS) is 15.3. The number of hydrogen-bond donors (Lipinski definition) is 1.